The predicted molar refractivity (Wildman–Crippen MR) is 131 cm³/mol. The zero-order chi connectivity index (χ0) is 23.5. The molecule has 0 aliphatic carbocycles. The largest absolute Gasteiger partial charge is 0.336 e. The van der Waals surface area contributed by atoms with Crippen molar-refractivity contribution < 1.29 is 13.2 Å². The normalized spacial score (nSPS) is 16.8. The molecule has 1 saturated heterocycles. The number of carbonyl (C=O) groups excluding carboxylic acids is 1. The third-order valence-corrected chi connectivity index (χ3v) is 8.33. The van der Waals surface area contributed by atoms with Crippen LogP contribution in [0.1, 0.15) is 27.9 Å². The minimum atomic E-state index is -3.76. The molecule has 0 atom stereocenters. The van der Waals surface area contributed by atoms with Crippen LogP contribution in [0.15, 0.2) is 78.0 Å². The van der Waals surface area contributed by atoms with Gasteiger partial charge in [0.1, 0.15) is 0 Å². The molecule has 7 nitrogen and oxygen atoms in total. The number of anilines is 1. The Bertz CT molecular complexity index is 1270. The number of sulfonamides is 1. The number of benzene rings is 2. The third kappa shape index (κ3) is 4.56. The fourth-order valence-electron chi connectivity index (χ4n) is 4.71. The van der Waals surface area contributed by atoms with Crippen LogP contribution >= 0.6 is 0 Å². The summed E-state index contributed by atoms with van der Waals surface area (Å²) in [7, 11) is -3.76. The van der Waals surface area contributed by atoms with E-state index in [2.05, 4.69) is 16.0 Å². The van der Waals surface area contributed by atoms with Crippen LogP contribution in [0.2, 0.25) is 0 Å². The predicted octanol–water partition coefficient (Wildman–Crippen LogP) is 3.18. The van der Waals surface area contributed by atoms with Gasteiger partial charge in [-0.25, -0.2) is 8.42 Å². The van der Waals surface area contributed by atoms with Crippen molar-refractivity contribution in [2.75, 3.05) is 37.0 Å². The van der Waals surface area contributed by atoms with Crippen molar-refractivity contribution in [1.82, 2.24) is 14.8 Å². The van der Waals surface area contributed by atoms with Crippen LogP contribution in [-0.4, -0.2) is 61.8 Å². The highest BCUT2D eigenvalue weighted by molar-refractivity contribution is 7.92. The van der Waals surface area contributed by atoms with E-state index in [4.69, 9.17) is 0 Å². The van der Waals surface area contributed by atoms with Crippen LogP contribution in [-0.2, 0) is 23.0 Å². The van der Waals surface area contributed by atoms with E-state index in [1.54, 1.807) is 24.4 Å². The van der Waals surface area contributed by atoms with E-state index in [-0.39, 0.29) is 10.8 Å². The summed E-state index contributed by atoms with van der Waals surface area (Å²) in [6.07, 6.45) is 5.27. The van der Waals surface area contributed by atoms with Crippen LogP contribution in [0.3, 0.4) is 0 Å². The molecular formula is C26H28N4O3S. The van der Waals surface area contributed by atoms with Crippen molar-refractivity contribution in [3.63, 3.8) is 0 Å². The summed E-state index contributed by atoms with van der Waals surface area (Å²) in [6.45, 7) is 3.99. The Morgan fingerprint density at radius 3 is 2.53 bits per heavy atom. The Kier molecular flexibility index (Phi) is 6.34. The van der Waals surface area contributed by atoms with Crippen molar-refractivity contribution in [3.8, 4) is 0 Å². The number of aryl methyl sites for hydroxylation is 1. The highest BCUT2D eigenvalue weighted by Gasteiger charge is 2.30. The standard InChI is InChI=1S/C26H28N4O3S/c31-26(29-16-14-28(15-17-29)20-21-6-4-12-27-19-21)23-8-3-10-24(18-23)34(32,33)30-13-5-9-22-7-1-2-11-25(22)30/h1-4,6-8,10-12,18-19H,5,9,13-17,20H2. The Balaban J connectivity index is 1.29. The van der Waals surface area contributed by atoms with E-state index in [0.29, 0.717) is 25.2 Å². The molecule has 1 amide bonds. The number of piperazine rings is 1. The van der Waals surface area contributed by atoms with E-state index in [1.165, 1.54) is 10.4 Å². The lowest BCUT2D eigenvalue weighted by molar-refractivity contribution is 0.0628. The quantitative estimate of drug-likeness (QED) is 0.566. The summed E-state index contributed by atoms with van der Waals surface area (Å²) in [4.78, 5) is 21.6. The molecule has 0 radical (unpaired) electrons. The number of pyridine rings is 1. The lowest BCUT2D eigenvalue weighted by Crippen LogP contribution is -2.48. The number of rotatable bonds is 5. The molecule has 0 unspecified atom stereocenters. The molecule has 2 aromatic carbocycles. The summed E-state index contributed by atoms with van der Waals surface area (Å²) in [5.41, 5.74) is 3.33. The first-order chi connectivity index (χ1) is 16.5. The van der Waals surface area contributed by atoms with Crippen LogP contribution in [0.25, 0.3) is 0 Å². The molecule has 5 rings (SSSR count). The van der Waals surface area contributed by atoms with Crippen LogP contribution in [0.5, 0.6) is 0 Å². The minimum absolute atomic E-state index is 0.128. The highest BCUT2D eigenvalue weighted by atomic mass is 32.2. The first-order valence-electron chi connectivity index (χ1n) is 11.6. The van der Waals surface area contributed by atoms with E-state index in [1.807, 2.05) is 41.4 Å². The lowest BCUT2D eigenvalue weighted by atomic mass is 10.0. The zero-order valence-electron chi connectivity index (χ0n) is 19.0. The molecule has 0 spiro atoms. The molecule has 176 valence electrons. The SMILES string of the molecule is O=C(c1cccc(S(=O)(=O)N2CCCc3ccccc32)c1)N1CCN(Cc2cccnc2)CC1. The van der Waals surface area contributed by atoms with Gasteiger partial charge in [-0.05, 0) is 54.3 Å². The van der Waals surface area contributed by atoms with Gasteiger partial charge in [0.05, 0.1) is 10.6 Å². The smallest absolute Gasteiger partial charge is 0.264 e. The second-order valence-corrected chi connectivity index (χ2v) is 10.6. The molecule has 34 heavy (non-hydrogen) atoms. The van der Waals surface area contributed by atoms with Crippen molar-refractivity contribution in [3.05, 3.63) is 89.7 Å². The first-order valence-corrected chi connectivity index (χ1v) is 13.1. The Labute approximate surface area is 200 Å². The topological polar surface area (TPSA) is 73.8 Å². The number of para-hydroxylation sites is 1. The van der Waals surface area contributed by atoms with Gasteiger partial charge in [0.2, 0.25) is 0 Å². The fourth-order valence-corrected chi connectivity index (χ4v) is 6.29. The van der Waals surface area contributed by atoms with E-state index >= 15 is 0 Å². The summed E-state index contributed by atoms with van der Waals surface area (Å²) >= 11 is 0. The number of fused-ring (bicyclic) bond motifs is 1. The molecule has 3 aromatic rings. The highest BCUT2D eigenvalue weighted by Crippen LogP contribution is 2.32. The van der Waals surface area contributed by atoms with Gasteiger partial charge in [-0.2, -0.15) is 0 Å². The van der Waals surface area contributed by atoms with Crippen LogP contribution in [0.4, 0.5) is 5.69 Å². The van der Waals surface area contributed by atoms with Crippen LogP contribution in [0, 0.1) is 0 Å². The van der Waals surface area contributed by atoms with E-state index < -0.39 is 10.0 Å². The fraction of sp³-hybridized carbons (Fsp3) is 0.308. The second kappa shape index (κ2) is 9.56. The number of nitrogens with zero attached hydrogens (tertiary/aromatic N) is 4. The first kappa shape index (κ1) is 22.6. The molecule has 2 aliphatic heterocycles. The van der Waals surface area contributed by atoms with E-state index in [0.717, 1.165) is 49.3 Å². The van der Waals surface area contributed by atoms with Gasteiger partial charge < -0.3 is 4.90 Å². The number of aromatic nitrogens is 1. The van der Waals surface area contributed by atoms with Gasteiger partial charge >= 0.3 is 0 Å². The Hall–Kier alpha value is -3.23. The van der Waals surface area contributed by atoms with Gasteiger partial charge in [0.25, 0.3) is 15.9 Å². The Morgan fingerprint density at radius 2 is 1.74 bits per heavy atom. The molecule has 3 heterocycles. The molecule has 1 aromatic heterocycles. The van der Waals surface area contributed by atoms with Crippen molar-refractivity contribution in [2.45, 2.75) is 24.3 Å². The average molecular weight is 477 g/mol. The maximum atomic E-state index is 13.5. The zero-order valence-corrected chi connectivity index (χ0v) is 19.8. The minimum Gasteiger partial charge on any atom is -0.336 e. The maximum absolute atomic E-state index is 13.5. The van der Waals surface area contributed by atoms with E-state index in [9.17, 15) is 13.2 Å². The van der Waals surface area contributed by atoms with Gasteiger partial charge in [-0.3, -0.25) is 19.0 Å². The van der Waals surface area contributed by atoms with Gasteiger partial charge in [0.15, 0.2) is 0 Å². The summed E-state index contributed by atoms with van der Waals surface area (Å²) in [5, 5.41) is 0. The number of carbonyl (C=O) groups is 1. The van der Waals surface area contributed by atoms with Gasteiger partial charge in [-0.1, -0.05) is 30.3 Å². The number of hydrogen-bond donors (Lipinski definition) is 0. The third-order valence-electron chi connectivity index (χ3n) is 6.53. The lowest BCUT2D eigenvalue weighted by Gasteiger charge is -2.35. The monoisotopic (exact) mass is 476 g/mol. The summed E-state index contributed by atoms with van der Waals surface area (Å²) < 4.78 is 28.5. The van der Waals surface area contributed by atoms with Gasteiger partial charge in [-0.15, -0.1) is 0 Å². The number of amides is 1. The van der Waals surface area contributed by atoms with Crippen molar-refractivity contribution >= 4 is 21.6 Å². The summed E-state index contributed by atoms with van der Waals surface area (Å²) in [6, 6.07) is 18.1. The second-order valence-electron chi connectivity index (χ2n) is 8.77. The molecular weight excluding hydrogens is 448 g/mol. The average Bonchev–Trinajstić information content (AvgIpc) is 2.89. The maximum Gasteiger partial charge on any atom is 0.264 e. The molecule has 0 bridgehead atoms. The molecule has 1 fully saturated rings. The van der Waals surface area contributed by atoms with Crippen molar-refractivity contribution in [2.24, 2.45) is 0 Å². The summed E-state index contributed by atoms with van der Waals surface area (Å²) in [5.74, 6) is -0.128. The Morgan fingerprint density at radius 1 is 0.912 bits per heavy atom. The number of hydrogen-bond acceptors (Lipinski definition) is 5. The molecule has 8 heteroatoms. The van der Waals surface area contributed by atoms with Crippen LogP contribution < -0.4 is 4.31 Å². The van der Waals surface area contributed by atoms with Gasteiger partial charge in [0, 0.05) is 57.2 Å². The molecule has 0 saturated carbocycles. The molecule has 2 aliphatic rings. The van der Waals surface area contributed by atoms with Crippen molar-refractivity contribution in [1.29, 1.82) is 0 Å². The molecule has 0 N–H and O–H groups in total.